The predicted octanol–water partition coefficient (Wildman–Crippen LogP) is 0.823. The van der Waals surface area contributed by atoms with Gasteiger partial charge in [0.15, 0.2) is 0 Å². The summed E-state index contributed by atoms with van der Waals surface area (Å²) >= 11 is 0. The minimum Gasteiger partial charge on any atom is -0.469 e. The Bertz CT molecular complexity index is 210. The number of ether oxygens (including phenoxy) is 2. The van der Waals surface area contributed by atoms with Crippen LogP contribution in [0.3, 0.4) is 0 Å². The average Bonchev–Trinajstić information content (AvgIpc) is 2.25. The van der Waals surface area contributed by atoms with Gasteiger partial charge in [0.05, 0.1) is 13.5 Å². The standard InChI is InChI=1S/C11H21NO4/c1-5-10(13)16-9(6-7-12(2)3)8-11(14)15-4/h9H,5-8H2,1-4H3/t9-/m0/s1. The molecule has 94 valence electrons. The molecule has 0 aliphatic carbocycles. The molecule has 0 aromatic carbocycles. The van der Waals surface area contributed by atoms with Crippen LogP contribution in [0.15, 0.2) is 0 Å². The molecule has 0 aliphatic heterocycles. The Balaban J connectivity index is 4.15. The zero-order chi connectivity index (χ0) is 12.6. The normalized spacial score (nSPS) is 12.3. The van der Waals surface area contributed by atoms with E-state index in [0.29, 0.717) is 12.8 Å². The summed E-state index contributed by atoms with van der Waals surface area (Å²) in [5.41, 5.74) is 0. The number of carbonyl (C=O) groups excluding carboxylic acids is 2. The van der Waals surface area contributed by atoms with Crippen LogP contribution < -0.4 is 0 Å². The van der Waals surface area contributed by atoms with Crippen molar-refractivity contribution >= 4 is 11.9 Å². The topological polar surface area (TPSA) is 55.8 Å². The minimum absolute atomic E-state index is 0.121. The molecule has 0 fully saturated rings. The highest BCUT2D eigenvalue weighted by molar-refractivity contribution is 5.72. The van der Waals surface area contributed by atoms with Gasteiger partial charge < -0.3 is 14.4 Å². The molecule has 16 heavy (non-hydrogen) atoms. The lowest BCUT2D eigenvalue weighted by Crippen LogP contribution is -2.26. The van der Waals surface area contributed by atoms with Gasteiger partial charge in [-0.25, -0.2) is 0 Å². The molecule has 0 amide bonds. The van der Waals surface area contributed by atoms with E-state index in [4.69, 9.17) is 4.74 Å². The molecule has 1 atom stereocenters. The number of hydrogen-bond donors (Lipinski definition) is 0. The van der Waals surface area contributed by atoms with Gasteiger partial charge in [0.2, 0.25) is 0 Å². The van der Waals surface area contributed by atoms with Crippen LogP contribution in [0.4, 0.5) is 0 Å². The van der Waals surface area contributed by atoms with Crippen molar-refractivity contribution in [2.45, 2.75) is 32.3 Å². The molecule has 0 radical (unpaired) electrons. The SMILES string of the molecule is CCC(=O)O[C@@H](CCN(C)C)CC(=O)OC. The van der Waals surface area contributed by atoms with Crippen LogP contribution in [-0.2, 0) is 19.1 Å². The van der Waals surface area contributed by atoms with E-state index in [2.05, 4.69) is 4.74 Å². The van der Waals surface area contributed by atoms with E-state index in [1.165, 1.54) is 7.11 Å². The fourth-order valence-electron chi connectivity index (χ4n) is 1.14. The third kappa shape index (κ3) is 7.23. The summed E-state index contributed by atoms with van der Waals surface area (Å²) < 4.78 is 9.71. The van der Waals surface area contributed by atoms with Crippen molar-refractivity contribution in [2.75, 3.05) is 27.7 Å². The number of carbonyl (C=O) groups is 2. The smallest absolute Gasteiger partial charge is 0.309 e. The number of methoxy groups -OCH3 is 1. The maximum absolute atomic E-state index is 11.1. The van der Waals surface area contributed by atoms with Gasteiger partial charge in [-0.15, -0.1) is 0 Å². The second-order valence-electron chi connectivity index (χ2n) is 3.84. The van der Waals surface area contributed by atoms with E-state index in [1.807, 2.05) is 19.0 Å². The lowest BCUT2D eigenvalue weighted by Gasteiger charge is -2.18. The Kier molecular flexibility index (Phi) is 7.54. The molecule has 0 rings (SSSR count). The Morgan fingerprint density at radius 3 is 2.31 bits per heavy atom. The van der Waals surface area contributed by atoms with Crippen molar-refractivity contribution in [1.82, 2.24) is 4.90 Å². The monoisotopic (exact) mass is 231 g/mol. The third-order valence-corrected chi connectivity index (χ3v) is 2.11. The largest absolute Gasteiger partial charge is 0.469 e. The van der Waals surface area contributed by atoms with Crippen molar-refractivity contribution < 1.29 is 19.1 Å². The number of rotatable bonds is 7. The van der Waals surface area contributed by atoms with Crippen molar-refractivity contribution in [2.24, 2.45) is 0 Å². The number of nitrogens with zero attached hydrogens (tertiary/aromatic N) is 1. The van der Waals surface area contributed by atoms with Gasteiger partial charge in [-0.1, -0.05) is 6.92 Å². The highest BCUT2D eigenvalue weighted by Crippen LogP contribution is 2.07. The van der Waals surface area contributed by atoms with Crippen LogP contribution in [0, 0.1) is 0 Å². The molecule has 5 heteroatoms. The first kappa shape index (κ1) is 14.9. The molecular weight excluding hydrogens is 210 g/mol. The summed E-state index contributed by atoms with van der Waals surface area (Å²) in [6.45, 7) is 2.49. The minimum atomic E-state index is -0.387. The van der Waals surface area contributed by atoms with Crippen LogP contribution in [-0.4, -0.2) is 50.7 Å². The van der Waals surface area contributed by atoms with Crippen LogP contribution >= 0.6 is 0 Å². The van der Waals surface area contributed by atoms with Crippen LogP contribution in [0.2, 0.25) is 0 Å². The fourth-order valence-corrected chi connectivity index (χ4v) is 1.14. The first-order valence-corrected chi connectivity index (χ1v) is 5.40. The first-order chi connectivity index (χ1) is 7.49. The molecule has 0 aromatic heterocycles. The first-order valence-electron chi connectivity index (χ1n) is 5.40. The highest BCUT2D eigenvalue weighted by Gasteiger charge is 2.18. The van der Waals surface area contributed by atoms with Gasteiger partial charge in [0, 0.05) is 13.0 Å². The average molecular weight is 231 g/mol. The van der Waals surface area contributed by atoms with E-state index in [9.17, 15) is 9.59 Å². The van der Waals surface area contributed by atoms with Crippen molar-refractivity contribution in [3.63, 3.8) is 0 Å². The molecule has 0 unspecified atom stereocenters. The van der Waals surface area contributed by atoms with Gasteiger partial charge in [-0.05, 0) is 20.5 Å². The molecule has 0 saturated carbocycles. The van der Waals surface area contributed by atoms with E-state index in [1.54, 1.807) is 6.92 Å². The molecular formula is C11H21NO4. The van der Waals surface area contributed by atoms with Gasteiger partial charge in [-0.2, -0.15) is 0 Å². The predicted molar refractivity (Wildman–Crippen MR) is 60.0 cm³/mol. The van der Waals surface area contributed by atoms with Gasteiger partial charge in [0.25, 0.3) is 0 Å². The Morgan fingerprint density at radius 2 is 1.88 bits per heavy atom. The molecule has 0 heterocycles. The van der Waals surface area contributed by atoms with Crippen LogP contribution in [0.1, 0.15) is 26.2 Å². The summed E-state index contributed by atoms with van der Waals surface area (Å²) in [4.78, 5) is 24.2. The summed E-state index contributed by atoms with van der Waals surface area (Å²) in [5, 5.41) is 0. The van der Waals surface area contributed by atoms with Crippen molar-refractivity contribution in [3.05, 3.63) is 0 Å². The second-order valence-corrected chi connectivity index (χ2v) is 3.84. The van der Waals surface area contributed by atoms with E-state index < -0.39 is 0 Å². The summed E-state index contributed by atoms with van der Waals surface area (Å²) in [6.07, 6.45) is 0.686. The summed E-state index contributed by atoms with van der Waals surface area (Å²) in [5.74, 6) is -0.639. The van der Waals surface area contributed by atoms with Gasteiger partial charge in [0.1, 0.15) is 6.10 Å². The zero-order valence-electron chi connectivity index (χ0n) is 10.5. The van der Waals surface area contributed by atoms with Crippen molar-refractivity contribution in [1.29, 1.82) is 0 Å². The van der Waals surface area contributed by atoms with Crippen LogP contribution in [0.5, 0.6) is 0 Å². The lowest BCUT2D eigenvalue weighted by molar-refractivity contribution is -0.154. The molecule has 0 aliphatic rings. The maximum Gasteiger partial charge on any atom is 0.309 e. The molecule has 0 bridgehead atoms. The number of esters is 2. The molecule has 5 nitrogen and oxygen atoms in total. The quantitative estimate of drug-likeness (QED) is 0.607. The molecule has 0 aromatic rings. The fraction of sp³-hybridized carbons (Fsp3) is 0.818. The highest BCUT2D eigenvalue weighted by atomic mass is 16.6. The third-order valence-electron chi connectivity index (χ3n) is 2.11. The van der Waals surface area contributed by atoms with Crippen LogP contribution in [0.25, 0.3) is 0 Å². The summed E-state index contributed by atoms with van der Waals surface area (Å²) in [6, 6.07) is 0. The van der Waals surface area contributed by atoms with Gasteiger partial charge >= 0.3 is 11.9 Å². The summed E-state index contributed by atoms with van der Waals surface area (Å²) in [7, 11) is 5.18. The number of hydrogen-bond acceptors (Lipinski definition) is 5. The van der Waals surface area contributed by atoms with E-state index in [-0.39, 0.29) is 24.5 Å². The molecule has 0 spiro atoms. The van der Waals surface area contributed by atoms with Crippen molar-refractivity contribution in [3.8, 4) is 0 Å². The molecule has 0 saturated heterocycles. The Hall–Kier alpha value is -1.10. The maximum atomic E-state index is 11.1. The van der Waals surface area contributed by atoms with E-state index >= 15 is 0 Å². The Morgan fingerprint density at radius 1 is 1.25 bits per heavy atom. The second kappa shape index (κ2) is 8.10. The molecule has 0 N–H and O–H groups in total. The van der Waals surface area contributed by atoms with Gasteiger partial charge in [-0.3, -0.25) is 9.59 Å². The Labute approximate surface area is 96.7 Å². The lowest BCUT2D eigenvalue weighted by atomic mass is 10.2. The zero-order valence-corrected chi connectivity index (χ0v) is 10.5. The van der Waals surface area contributed by atoms with E-state index in [0.717, 1.165) is 6.54 Å².